The van der Waals surface area contributed by atoms with Crippen molar-refractivity contribution in [2.45, 2.75) is 19.6 Å². The second-order valence-electron chi connectivity index (χ2n) is 4.86. The fourth-order valence-electron chi connectivity index (χ4n) is 1.98. The molecule has 1 atom stereocenters. The van der Waals surface area contributed by atoms with Crippen molar-refractivity contribution in [2.75, 3.05) is 26.2 Å². The summed E-state index contributed by atoms with van der Waals surface area (Å²) in [6, 6.07) is 0. The van der Waals surface area contributed by atoms with E-state index in [-0.39, 0.29) is 0 Å². The van der Waals surface area contributed by atoms with Gasteiger partial charge in [-0.3, -0.25) is 0 Å². The topological polar surface area (TPSA) is 6.48 Å². The van der Waals surface area contributed by atoms with Gasteiger partial charge in [0.1, 0.15) is 17.2 Å². The number of hydrogen-bond donors (Lipinski definition) is 0. The van der Waals surface area contributed by atoms with Crippen molar-refractivity contribution in [2.24, 2.45) is 0 Å². The van der Waals surface area contributed by atoms with Gasteiger partial charge in [0.2, 0.25) is 0 Å². The molecule has 1 fully saturated rings. The largest absolute Gasteiger partial charge is 0.320 e. The molecule has 1 heterocycles. The highest BCUT2D eigenvalue weighted by atomic mass is 28.3. The summed E-state index contributed by atoms with van der Waals surface area (Å²) in [4.78, 5) is 0. The zero-order valence-electron chi connectivity index (χ0n) is 10.4. The molecule has 0 saturated carbocycles. The van der Waals surface area contributed by atoms with Crippen LogP contribution in [0.4, 0.5) is 0 Å². The SMILES string of the molecule is C=C[SiH](C)N1CCN([Si](C)(C)C=C)CC1. The van der Waals surface area contributed by atoms with E-state index in [1.807, 2.05) is 0 Å². The van der Waals surface area contributed by atoms with E-state index < -0.39 is 17.2 Å². The van der Waals surface area contributed by atoms with Crippen LogP contribution in [0.1, 0.15) is 0 Å². The highest BCUT2D eigenvalue weighted by Gasteiger charge is 2.30. The third-order valence-electron chi connectivity index (χ3n) is 3.55. The minimum atomic E-state index is -1.29. The molecule has 0 bridgehead atoms. The van der Waals surface area contributed by atoms with Crippen LogP contribution in [0.5, 0.6) is 0 Å². The van der Waals surface area contributed by atoms with E-state index in [9.17, 15) is 0 Å². The molecule has 1 aliphatic rings. The molecule has 1 rings (SSSR count). The van der Waals surface area contributed by atoms with Gasteiger partial charge >= 0.3 is 0 Å². The Labute approximate surface area is 97.0 Å². The smallest absolute Gasteiger partial charge is 0.146 e. The number of hydrogen-bond acceptors (Lipinski definition) is 2. The summed E-state index contributed by atoms with van der Waals surface area (Å²) in [5, 5.41) is 0. The second-order valence-corrected chi connectivity index (χ2v) is 11.9. The van der Waals surface area contributed by atoms with E-state index in [2.05, 4.69) is 53.3 Å². The van der Waals surface area contributed by atoms with Crippen molar-refractivity contribution in [3.8, 4) is 0 Å². The van der Waals surface area contributed by atoms with Gasteiger partial charge in [-0.25, -0.2) is 0 Å². The van der Waals surface area contributed by atoms with Crippen molar-refractivity contribution in [1.29, 1.82) is 0 Å². The summed E-state index contributed by atoms with van der Waals surface area (Å²) < 4.78 is 5.29. The Morgan fingerprint density at radius 2 is 1.67 bits per heavy atom. The maximum Gasteiger partial charge on any atom is 0.146 e. The minimum Gasteiger partial charge on any atom is -0.320 e. The second kappa shape index (κ2) is 5.25. The molecular formula is C11H24N2Si2. The number of rotatable bonds is 4. The van der Waals surface area contributed by atoms with Crippen LogP contribution in [-0.2, 0) is 0 Å². The summed E-state index contributed by atoms with van der Waals surface area (Å²) in [6.07, 6.45) is 0. The first-order chi connectivity index (χ1) is 7.01. The van der Waals surface area contributed by atoms with E-state index >= 15 is 0 Å². The van der Waals surface area contributed by atoms with Crippen LogP contribution >= 0.6 is 0 Å². The summed E-state index contributed by atoms with van der Waals surface area (Å²) in [5.41, 5.74) is 4.36. The fraction of sp³-hybridized carbons (Fsp3) is 0.636. The van der Waals surface area contributed by atoms with Crippen molar-refractivity contribution >= 4 is 17.2 Å². The summed E-state index contributed by atoms with van der Waals surface area (Å²) in [7, 11) is -2.08. The fourth-order valence-corrected chi connectivity index (χ4v) is 4.94. The minimum absolute atomic E-state index is 0.793. The highest BCUT2D eigenvalue weighted by molar-refractivity contribution is 6.79. The molecule has 1 saturated heterocycles. The van der Waals surface area contributed by atoms with Gasteiger partial charge in [0.25, 0.3) is 0 Å². The molecular weight excluding hydrogens is 216 g/mol. The standard InChI is InChI=1S/C11H24N2Si2/c1-6-14(3)12-8-10-13(11-9-12)15(4,5)7-2/h6-7,14H,1-2,8-11H2,3-5H3. The molecule has 1 aliphatic heterocycles. The van der Waals surface area contributed by atoms with Crippen LogP contribution in [0.15, 0.2) is 24.6 Å². The highest BCUT2D eigenvalue weighted by Crippen LogP contribution is 2.14. The van der Waals surface area contributed by atoms with Gasteiger partial charge < -0.3 is 9.13 Å². The molecule has 0 aliphatic carbocycles. The monoisotopic (exact) mass is 240 g/mol. The molecule has 1 unspecified atom stereocenters. The molecule has 15 heavy (non-hydrogen) atoms. The summed E-state index contributed by atoms with van der Waals surface area (Å²) in [5.74, 6) is 0. The molecule has 0 N–H and O–H groups in total. The molecule has 4 heteroatoms. The van der Waals surface area contributed by atoms with Gasteiger partial charge in [0, 0.05) is 26.2 Å². The van der Waals surface area contributed by atoms with Crippen LogP contribution in [0.3, 0.4) is 0 Å². The lowest BCUT2D eigenvalue weighted by Gasteiger charge is -2.42. The van der Waals surface area contributed by atoms with Crippen molar-refractivity contribution in [1.82, 2.24) is 9.13 Å². The normalized spacial score (nSPS) is 22.3. The molecule has 0 aromatic carbocycles. The van der Waals surface area contributed by atoms with E-state index in [0.717, 1.165) is 0 Å². The van der Waals surface area contributed by atoms with Crippen LogP contribution in [0.2, 0.25) is 19.6 Å². The third kappa shape index (κ3) is 3.14. The Morgan fingerprint density at radius 3 is 2.07 bits per heavy atom. The Bertz CT molecular complexity index is 233. The van der Waals surface area contributed by atoms with E-state index in [4.69, 9.17) is 0 Å². The van der Waals surface area contributed by atoms with Gasteiger partial charge in [0.05, 0.1) is 0 Å². The molecule has 86 valence electrons. The van der Waals surface area contributed by atoms with Crippen molar-refractivity contribution in [3.63, 3.8) is 0 Å². The van der Waals surface area contributed by atoms with Crippen molar-refractivity contribution < 1.29 is 0 Å². The number of piperazine rings is 1. The summed E-state index contributed by atoms with van der Waals surface area (Å²) >= 11 is 0. The third-order valence-corrected chi connectivity index (χ3v) is 8.97. The van der Waals surface area contributed by atoms with Gasteiger partial charge in [0.15, 0.2) is 0 Å². The van der Waals surface area contributed by atoms with Gasteiger partial charge in [-0.2, -0.15) is 0 Å². The summed E-state index contributed by atoms with van der Waals surface area (Å²) in [6.45, 7) is 19.9. The lowest BCUT2D eigenvalue weighted by Crippen LogP contribution is -2.58. The molecule has 0 spiro atoms. The zero-order chi connectivity index (χ0) is 11.5. The van der Waals surface area contributed by atoms with Gasteiger partial charge in [-0.15, -0.1) is 13.2 Å². The molecule has 0 amide bonds. The maximum atomic E-state index is 3.98. The first-order valence-electron chi connectivity index (χ1n) is 5.76. The zero-order valence-corrected chi connectivity index (χ0v) is 12.5. The Morgan fingerprint density at radius 1 is 1.13 bits per heavy atom. The Balaban J connectivity index is 2.49. The first kappa shape index (κ1) is 12.9. The predicted octanol–water partition coefficient (Wildman–Crippen LogP) is 1.61. The van der Waals surface area contributed by atoms with Crippen LogP contribution in [-0.4, -0.2) is 52.5 Å². The van der Waals surface area contributed by atoms with Gasteiger partial charge in [-0.1, -0.05) is 31.0 Å². The molecule has 0 aromatic heterocycles. The Hall–Kier alpha value is -0.166. The average Bonchev–Trinajstić information content (AvgIpc) is 2.28. The molecule has 0 aromatic rings. The van der Waals surface area contributed by atoms with Crippen LogP contribution in [0.25, 0.3) is 0 Å². The molecule has 0 radical (unpaired) electrons. The maximum absolute atomic E-state index is 3.98. The van der Waals surface area contributed by atoms with E-state index in [0.29, 0.717) is 0 Å². The average molecular weight is 240 g/mol. The quantitative estimate of drug-likeness (QED) is 0.689. The lowest BCUT2D eigenvalue weighted by atomic mass is 10.4. The predicted molar refractivity (Wildman–Crippen MR) is 74.0 cm³/mol. The Kier molecular flexibility index (Phi) is 4.51. The van der Waals surface area contributed by atoms with Crippen molar-refractivity contribution in [3.05, 3.63) is 24.6 Å². The number of nitrogens with zero attached hydrogens (tertiary/aromatic N) is 2. The van der Waals surface area contributed by atoms with Crippen LogP contribution in [0, 0.1) is 0 Å². The van der Waals surface area contributed by atoms with E-state index in [1.54, 1.807) is 0 Å². The van der Waals surface area contributed by atoms with Crippen LogP contribution < -0.4 is 0 Å². The first-order valence-corrected chi connectivity index (χ1v) is 11.1. The molecule has 2 nitrogen and oxygen atoms in total. The van der Waals surface area contributed by atoms with Gasteiger partial charge in [-0.05, 0) is 0 Å². The van der Waals surface area contributed by atoms with E-state index in [1.165, 1.54) is 26.2 Å². The lowest BCUT2D eigenvalue weighted by molar-refractivity contribution is 0.271.